The lowest BCUT2D eigenvalue weighted by atomic mass is 9.93. The van der Waals surface area contributed by atoms with Gasteiger partial charge in [0.25, 0.3) is 5.91 Å². The summed E-state index contributed by atoms with van der Waals surface area (Å²) in [6, 6.07) is 0. The lowest BCUT2D eigenvalue weighted by Gasteiger charge is -2.33. The Morgan fingerprint density at radius 3 is 2.38 bits per heavy atom. The minimum atomic E-state index is -0.872. The molecule has 0 saturated carbocycles. The molecule has 21 heavy (non-hydrogen) atoms. The van der Waals surface area contributed by atoms with E-state index >= 15 is 0 Å². The van der Waals surface area contributed by atoms with E-state index in [0.717, 1.165) is 24.8 Å². The summed E-state index contributed by atoms with van der Waals surface area (Å²) in [5.74, 6) is 1.38. The molecule has 0 aliphatic carbocycles. The van der Waals surface area contributed by atoms with Gasteiger partial charge in [-0.1, -0.05) is 13.8 Å². The van der Waals surface area contributed by atoms with Crippen LogP contribution >= 0.6 is 0 Å². The van der Waals surface area contributed by atoms with E-state index in [1.54, 1.807) is 11.8 Å². The number of carbonyl (C=O) groups is 1. The summed E-state index contributed by atoms with van der Waals surface area (Å²) in [6.07, 6.45) is 3.99. The molecule has 0 bridgehead atoms. The van der Waals surface area contributed by atoms with E-state index in [1.165, 1.54) is 38.9 Å². The monoisotopic (exact) mass is 298 g/mol. The van der Waals surface area contributed by atoms with Gasteiger partial charge in [-0.05, 0) is 71.0 Å². The molecule has 0 aromatic carbocycles. The molecular weight excluding hydrogens is 264 g/mol. The lowest BCUT2D eigenvalue weighted by molar-refractivity contribution is -0.139. The third-order valence-electron chi connectivity index (χ3n) is 4.59. The van der Waals surface area contributed by atoms with Gasteiger partial charge in [0.15, 0.2) is 0 Å². The highest BCUT2D eigenvalue weighted by molar-refractivity contribution is 5.80. The van der Waals surface area contributed by atoms with E-state index < -0.39 is 6.10 Å². The lowest BCUT2D eigenvalue weighted by Crippen LogP contribution is -2.40. The van der Waals surface area contributed by atoms with Gasteiger partial charge in [-0.25, -0.2) is 0 Å². The zero-order valence-electron chi connectivity index (χ0n) is 14.3. The van der Waals surface area contributed by atoms with Crippen molar-refractivity contribution >= 4 is 5.91 Å². The van der Waals surface area contributed by atoms with Crippen LogP contribution in [0.3, 0.4) is 0 Å². The molecule has 1 atom stereocenters. The van der Waals surface area contributed by atoms with E-state index in [2.05, 4.69) is 18.7 Å². The summed E-state index contributed by atoms with van der Waals surface area (Å²) < 4.78 is 0. The zero-order valence-corrected chi connectivity index (χ0v) is 14.3. The van der Waals surface area contributed by atoms with E-state index in [4.69, 9.17) is 0 Å². The van der Waals surface area contributed by atoms with E-state index in [-0.39, 0.29) is 5.91 Å². The predicted octanol–water partition coefficient (Wildman–Crippen LogP) is 2.36. The maximum absolute atomic E-state index is 11.8. The predicted molar refractivity (Wildman–Crippen MR) is 87.2 cm³/mol. The van der Waals surface area contributed by atoms with Crippen LogP contribution in [0.1, 0.15) is 53.4 Å². The molecule has 1 N–H and O–H groups in total. The number of amides is 1. The van der Waals surface area contributed by atoms with Crippen LogP contribution in [0.2, 0.25) is 0 Å². The number of rotatable bonds is 8. The van der Waals surface area contributed by atoms with E-state index in [0.29, 0.717) is 6.54 Å². The molecule has 4 heteroatoms. The van der Waals surface area contributed by atoms with Crippen molar-refractivity contribution in [3.05, 3.63) is 0 Å². The summed E-state index contributed by atoms with van der Waals surface area (Å²) in [5.41, 5.74) is 0. The minimum Gasteiger partial charge on any atom is -0.384 e. The molecular formula is C17H34N2O2. The van der Waals surface area contributed by atoms with Crippen molar-refractivity contribution in [3.63, 3.8) is 0 Å². The second-order valence-electron chi connectivity index (χ2n) is 6.85. The number of carbonyl (C=O) groups excluding carboxylic acids is 1. The molecule has 1 rings (SSSR count). The number of aliphatic hydroxyl groups excluding tert-OH is 1. The SMILES string of the molecule is CCN(CCC1CCN(CCC(C)C)CC1)C(=O)C(C)O. The Morgan fingerprint density at radius 1 is 1.29 bits per heavy atom. The summed E-state index contributed by atoms with van der Waals surface area (Å²) >= 11 is 0. The molecule has 4 nitrogen and oxygen atoms in total. The normalized spacial score (nSPS) is 19.0. The van der Waals surface area contributed by atoms with Gasteiger partial charge < -0.3 is 14.9 Å². The topological polar surface area (TPSA) is 43.8 Å². The van der Waals surface area contributed by atoms with Crippen LogP contribution in [0.25, 0.3) is 0 Å². The quantitative estimate of drug-likeness (QED) is 0.748. The summed E-state index contributed by atoms with van der Waals surface area (Å²) in [7, 11) is 0. The minimum absolute atomic E-state index is 0.133. The number of hydrogen-bond acceptors (Lipinski definition) is 3. The molecule has 0 aromatic rings. The van der Waals surface area contributed by atoms with Crippen molar-refractivity contribution in [1.82, 2.24) is 9.80 Å². The Bertz CT molecular complexity index is 297. The fourth-order valence-corrected chi connectivity index (χ4v) is 2.97. The van der Waals surface area contributed by atoms with Crippen LogP contribution in [0.15, 0.2) is 0 Å². The maximum atomic E-state index is 11.8. The maximum Gasteiger partial charge on any atom is 0.251 e. The fourth-order valence-electron chi connectivity index (χ4n) is 2.97. The van der Waals surface area contributed by atoms with Crippen LogP contribution in [0.5, 0.6) is 0 Å². The van der Waals surface area contributed by atoms with Gasteiger partial charge in [-0.2, -0.15) is 0 Å². The second kappa shape index (κ2) is 9.42. The Labute approximate surface area is 130 Å². The molecule has 1 amide bonds. The van der Waals surface area contributed by atoms with Crippen LogP contribution < -0.4 is 0 Å². The van der Waals surface area contributed by atoms with Crippen LogP contribution in [-0.4, -0.2) is 59.6 Å². The largest absolute Gasteiger partial charge is 0.384 e. The third-order valence-corrected chi connectivity index (χ3v) is 4.59. The van der Waals surface area contributed by atoms with Crippen LogP contribution in [-0.2, 0) is 4.79 Å². The first-order valence-corrected chi connectivity index (χ1v) is 8.63. The van der Waals surface area contributed by atoms with Crippen molar-refractivity contribution in [3.8, 4) is 0 Å². The summed E-state index contributed by atoms with van der Waals surface area (Å²) in [4.78, 5) is 16.2. The molecule has 0 aromatic heterocycles. The van der Waals surface area contributed by atoms with Gasteiger partial charge >= 0.3 is 0 Å². The van der Waals surface area contributed by atoms with Crippen molar-refractivity contribution < 1.29 is 9.90 Å². The Kier molecular flexibility index (Phi) is 8.27. The highest BCUT2D eigenvalue weighted by Gasteiger charge is 2.22. The molecule has 124 valence electrons. The third kappa shape index (κ3) is 6.79. The second-order valence-corrected chi connectivity index (χ2v) is 6.85. The van der Waals surface area contributed by atoms with Gasteiger partial charge in [-0.3, -0.25) is 4.79 Å². The van der Waals surface area contributed by atoms with Crippen molar-refractivity contribution in [1.29, 1.82) is 0 Å². The molecule has 0 spiro atoms. The van der Waals surface area contributed by atoms with E-state index in [1.807, 2.05) is 6.92 Å². The Morgan fingerprint density at radius 2 is 1.90 bits per heavy atom. The average Bonchev–Trinajstić information content (AvgIpc) is 2.46. The molecule has 0 radical (unpaired) electrons. The molecule has 1 fully saturated rings. The Hall–Kier alpha value is -0.610. The number of likely N-dealkylation sites (N-methyl/N-ethyl adjacent to an activating group) is 1. The molecule has 1 aliphatic rings. The molecule has 1 saturated heterocycles. The van der Waals surface area contributed by atoms with Gasteiger partial charge in [0.05, 0.1) is 0 Å². The molecule has 1 unspecified atom stereocenters. The first kappa shape index (κ1) is 18.4. The number of hydrogen-bond donors (Lipinski definition) is 1. The van der Waals surface area contributed by atoms with Gasteiger partial charge in [0.1, 0.15) is 6.10 Å². The van der Waals surface area contributed by atoms with Crippen molar-refractivity contribution in [2.45, 2.75) is 59.5 Å². The van der Waals surface area contributed by atoms with Gasteiger partial charge in [0, 0.05) is 13.1 Å². The Balaban J connectivity index is 2.24. The average molecular weight is 298 g/mol. The first-order chi connectivity index (χ1) is 9.93. The number of nitrogens with zero attached hydrogens (tertiary/aromatic N) is 2. The van der Waals surface area contributed by atoms with Gasteiger partial charge in [-0.15, -0.1) is 0 Å². The van der Waals surface area contributed by atoms with Crippen molar-refractivity contribution in [2.24, 2.45) is 11.8 Å². The van der Waals surface area contributed by atoms with Gasteiger partial charge in [0.2, 0.25) is 0 Å². The summed E-state index contributed by atoms with van der Waals surface area (Å²) in [5, 5.41) is 9.40. The first-order valence-electron chi connectivity index (χ1n) is 8.63. The molecule has 1 heterocycles. The van der Waals surface area contributed by atoms with Crippen LogP contribution in [0, 0.1) is 11.8 Å². The van der Waals surface area contributed by atoms with Crippen molar-refractivity contribution in [2.75, 3.05) is 32.7 Å². The highest BCUT2D eigenvalue weighted by atomic mass is 16.3. The summed E-state index contributed by atoms with van der Waals surface area (Å²) in [6.45, 7) is 13.2. The highest BCUT2D eigenvalue weighted by Crippen LogP contribution is 2.21. The smallest absolute Gasteiger partial charge is 0.251 e. The fraction of sp³-hybridized carbons (Fsp3) is 0.941. The zero-order chi connectivity index (χ0) is 15.8. The number of likely N-dealkylation sites (tertiary alicyclic amines) is 1. The van der Waals surface area contributed by atoms with Crippen LogP contribution in [0.4, 0.5) is 0 Å². The van der Waals surface area contributed by atoms with E-state index in [9.17, 15) is 9.90 Å². The number of piperidine rings is 1. The molecule has 1 aliphatic heterocycles. The number of aliphatic hydroxyl groups is 1. The standard InChI is InChI=1S/C17H34N2O2/c1-5-19(17(21)15(4)20)13-9-16-7-11-18(12-8-16)10-6-14(2)3/h14-16,20H,5-13H2,1-4H3.